The number of hydrogen-bond donors (Lipinski definition) is 2. The van der Waals surface area contributed by atoms with Crippen LogP contribution in [0.2, 0.25) is 0 Å². The van der Waals surface area contributed by atoms with E-state index in [1.165, 1.54) is 44.1 Å². The minimum absolute atomic E-state index is 0.0312. The number of amides is 1. The third-order valence-electron chi connectivity index (χ3n) is 14.1. The zero-order valence-electron chi connectivity index (χ0n) is 27.0. The van der Waals surface area contributed by atoms with Crippen LogP contribution in [0.3, 0.4) is 0 Å². The average Bonchev–Trinajstić information content (AvgIpc) is 3.22. The highest BCUT2D eigenvalue weighted by Crippen LogP contribution is 2.72. The average molecular weight is 567 g/mol. The van der Waals surface area contributed by atoms with Gasteiger partial charge in [-0.1, -0.05) is 48.0 Å². The second-order valence-corrected chi connectivity index (χ2v) is 16.7. The molecule has 8 unspecified atom stereocenters. The van der Waals surface area contributed by atoms with Gasteiger partial charge in [0.05, 0.1) is 11.6 Å². The summed E-state index contributed by atoms with van der Waals surface area (Å²) in [5.74, 6) is 2.82. The molecule has 0 aromatic rings. The summed E-state index contributed by atoms with van der Waals surface area (Å²) in [7, 11) is 0. The normalized spacial score (nSPS) is 44.2. The molecule has 5 nitrogen and oxygen atoms in total. The Bertz CT molecular complexity index is 1090. The van der Waals surface area contributed by atoms with Crippen LogP contribution in [0.1, 0.15) is 125 Å². The predicted molar refractivity (Wildman–Crippen MR) is 164 cm³/mol. The van der Waals surface area contributed by atoms with E-state index < -0.39 is 5.54 Å². The number of hydrogen-bond acceptors (Lipinski definition) is 4. The Morgan fingerprint density at radius 1 is 0.927 bits per heavy atom. The minimum atomic E-state index is -0.460. The molecule has 1 amide bonds. The SMILES string of the molecule is CC(C)C1=C2C3CCC4C(C)(CCC5C(C)(C)C(O)CCC54C)C3CCC2(NC(=O)CCN2CCCCC2)CC1=O. The molecule has 6 rings (SSSR count). The highest BCUT2D eigenvalue weighted by atomic mass is 16.3. The van der Waals surface area contributed by atoms with Crippen molar-refractivity contribution in [3.05, 3.63) is 11.1 Å². The van der Waals surface area contributed by atoms with E-state index in [2.05, 4.69) is 51.8 Å². The van der Waals surface area contributed by atoms with Crippen LogP contribution in [0.15, 0.2) is 11.1 Å². The fourth-order valence-electron chi connectivity index (χ4n) is 12.2. The Balaban J connectivity index is 1.28. The van der Waals surface area contributed by atoms with E-state index in [9.17, 15) is 14.7 Å². The van der Waals surface area contributed by atoms with E-state index in [0.29, 0.717) is 36.5 Å². The molecule has 41 heavy (non-hydrogen) atoms. The summed E-state index contributed by atoms with van der Waals surface area (Å²) < 4.78 is 0. The van der Waals surface area contributed by atoms with E-state index in [4.69, 9.17) is 0 Å². The minimum Gasteiger partial charge on any atom is -0.393 e. The third-order valence-corrected chi connectivity index (χ3v) is 14.1. The second-order valence-electron chi connectivity index (χ2n) is 16.7. The van der Waals surface area contributed by atoms with E-state index >= 15 is 0 Å². The lowest BCUT2D eigenvalue weighted by Gasteiger charge is -2.68. The van der Waals surface area contributed by atoms with Gasteiger partial charge in [0, 0.05) is 19.4 Å². The number of aliphatic hydroxyl groups excluding tert-OH is 1. The molecule has 0 aromatic carbocycles. The van der Waals surface area contributed by atoms with Crippen LogP contribution >= 0.6 is 0 Å². The first-order valence-electron chi connectivity index (χ1n) is 17.3. The number of rotatable bonds is 5. The van der Waals surface area contributed by atoms with Crippen molar-refractivity contribution < 1.29 is 14.7 Å². The maximum absolute atomic E-state index is 13.7. The van der Waals surface area contributed by atoms with E-state index in [1.54, 1.807) is 0 Å². The van der Waals surface area contributed by atoms with Gasteiger partial charge < -0.3 is 15.3 Å². The van der Waals surface area contributed by atoms with Crippen molar-refractivity contribution in [3.63, 3.8) is 0 Å². The quantitative estimate of drug-likeness (QED) is 0.389. The zero-order valence-corrected chi connectivity index (χ0v) is 27.0. The van der Waals surface area contributed by atoms with Crippen LogP contribution in [0.25, 0.3) is 0 Å². The molecule has 8 atom stereocenters. The highest BCUT2D eigenvalue weighted by Gasteiger charge is 2.66. The molecule has 1 aliphatic heterocycles. The Labute approximate surface area is 249 Å². The first kappa shape index (κ1) is 29.9. The molecule has 4 saturated carbocycles. The van der Waals surface area contributed by atoms with Crippen molar-refractivity contribution in [3.8, 4) is 0 Å². The van der Waals surface area contributed by atoms with Crippen molar-refractivity contribution in [1.82, 2.24) is 10.2 Å². The fourth-order valence-corrected chi connectivity index (χ4v) is 12.2. The number of piperidine rings is 1. The lowest BCUT2D eigenvalue weighted by atomic mass is 9.37. The number of carbonyl (C=O) groups excluding carboxylic acids is 2. The van der Waals surface area contributed by atoms with Crippen molar-refractivity contribution in [1.29, 1.82) is 0 Å². The molecule has 5 heteroatoms. The van der Waals surface area contributed by atoms with Gasteiger partial charge in [0.1, 0.15) is 0 Å². The van der Waals surface area contributed by atoms with Gasteiger partial charge in [-0.25, -0.2) is 0 Å². The lowest BCUT2D eigenvalue weighted by Crippen LogP contribution is -2.64. The Morgan fingerprint density at radius 3 is 2.34 bits per heavy atom. The zero-order chi connectivity index (χ0) is 29.4. The third kappa shape index (κ3) is 4.61. The van der Waals surface area contributed by atoms with Crippen LogP contribution < -0.4 is 5.32 Å². The van der Waals surface area contributed by atoms with Crippen LogP contribution in [0, 0.1) is 45.8 Å². The first-order valence-corrected chi connectivity index (χ1v) is 17.3. The Morgan fingerprint density at radius 2 is 1.63 bits per heavy atom. The summed E-state index contributed by atoms with van der Waals surface area (Å²) in [6.07, 6.45) is 13.5. The number of aliphatic hydroxyl groups is 1. The topological polar surface area (TPSA) is 69.6 Å². The van der Waals surface area contributed by atoms with Gasteiger partial charge in [-0.2, -0.15) is 0 Å². The summed E-state index contributed by atoms with van der Waals surface area (Å²) in [6, 6.07) is 0. The summed E-state index contributed by atoms with van der Waals surface area (Å²) in [5.41, 5.74) is 2.43. The number of allylic oxidation sites excluding steroid dienone is 1. The summed E-state index contributed by atoms with van der Waals surface area (Å²) in [4.78, 5) is 29.7. The summed E-state index contributed by atoms with van der Waals surface area (Å²) in [5, 5.41) is 14.5. The molecule has 2 N–H and O–H groups in total. The van der Waals surface area contributed by atoms with E-state index in [0.717, 1.165) is 57.3 Å². The molecule has 0 radical (unpaired) electrons. The fraction of sp³-hybridized carbons (Fsp3) is 0.889. The van der Waals surface area contributed by atoms with Gasteiger partial charge in [-0.3, -0.25) is 9.59 Å². The molecular formula is C36H58N2O3. The van der Waals surface area contributed by atoms with Crippen molar-refractivity contribution in [2.24, 2.45) is 45.8 Å². The molecular weight excluding hydrogens is 508 g/mol. The molecule has 0 aromatic heterocycles. The number of ketones is 1. The first-order chi connectivity index (χ1) is 19.3. The standard InChI is InChI=1S/C36H58N2O3/c1-23(2)31-26(39)22-36(37-30(41)15-21-38-19-8-7-9-20-38)18-12-25-24(32(31)36)10-11-28-34(25,5)16-13-27-33(3,4)29(40)14-17-35(27,28)6/h23-25,27-29,40H,7-22H2,1-6H3,(H,37,41). The monoisotopic (exact) mass is 566 g/mol. The molecule has 230 valence electrons. The van der Waals surface area contributed by atoms with Gasteiger partial charge in [-0.05, 0) is 134 Å². The summed E-state index contributed by atoms with van der Waals surface area (Å²) in [6.45, 7) is 17.2. The van der Waals surface area contributed by atoms with Crippen molar-refractivity contribution in [2.45, 2.75) is 137 Å². The highest BCUT2D eigenvalue weighted by molar-refractivity contribution is 6.02. The van der Waals surface area contributed by atoms with Crippen LogP contribution in [0.4, 0.5) is 0 Å². The maximum atomic E-state index is 13.7. The van der Waals surface area contributed by atoms with Gasteiger partial charge in [-0.15, -0.1) is 0 Å². The van der Waals surface area contributed by atoms with E-state index in [-0.39, 0.29) is 40.0 Å². The van der Waals surface area contributed by atoms with Crippen LogP contribution in [0.5, 0.6) is 0 Å². The smallest absolute Gasteiger partial charge is 0.221 e. The Kier molecular flexibility index (Phi) is 7.62. The Hall–Kier alpha value is -1.20. The molecule has 1 heterocycles. The van der Waals surface area contributed by atoms with Gasteiger partial charge in [0.15, 0.2) is 5.78 Å². The number of nitrogens with one attached hydrogen (secondary N) is 1. The van der Waals surface area contributed by atoms with E-state index in [1.807, 2.05) is 0 Å². The molecule has 5 fully saturated rings. The molecule has 0 bridgehead atoms. The van der Waals surface area contributed by atoms with Gasteiger partial charge in [0.25, 0.3) is 0 Å². The van der Waals surface area contributed by atoms with Gasteiger partial charge in [0.2, 0.25) is 5.91 Å². The van der Waals surface area contributed by atoms with Gasteiger partial charge >= 0.3 is 0 Å². The number of likely N-dealkylation sites (tertiary alicyclic amines) is 1. The molecule has 1 saturated heterocycles. The summed E-state index contributed by atoms with van der Waals surface area (Å²) >= 11 is 0. The van der Waals surface area contributed by atoms with Crippen LogP contribution in [-0.4, -0.2) is 53.0 Å². The number of nitrogens with zero attached hydrogens (tertiary/aromatic N) is 1. The maximum Gasteiger partial charge on any atom is 0.221 e. The number of fused-ring (bicyclic) bond motifs is 7. The number of carbonyl (C=O) groups is 2. The largest absolute Gasteiger partial charge is 0.393 e. The lowest BCUT2D eigenvalue weighted by molar-refractivity contribution is -0.202. The van der Waals surface area contributed by atoms with Crippen LogP contribution in [-0.2, 0) is 9.59 Å². The van der Waals surface area contributed by atoms with Crippen molar-refractivity contribution >= 4 is 11.7 Å². The predicted octanol–water partition coefficient (Wildman–Crippen LogP) is 6.68. The number of Topliss-reactive ketones (excluding diaryl/α,β-unsaturated/α-hetero) is 1. The second kappa shape index (κ2) is 10.5. The van der Waals surface area contributed by atoms with Crippen molar-refractivity contribution in [2.75, 3.05) is 19.6 Å². The molecule has 5 aliphatic carbocycles. The molecule has 0 spiro atoms. The molecule has 6 aliphatic rings.